The molecule has 0 aliphatic rings. The van der Waals surface area contributed by atoms with E-state index in [9.17, 15) is 4.79 Å². The second-order valence-electron chi connectivity index (χ2n) is 3.36. The molecule has 1 aromatic rings. The van der Waals surface area contributed by atoms with E-state index in [4.69, 9.17) is 5.73 Å². The summed E-state index contributed by atoms with van der Waals surface area (Å²) in [5.74, 6) is -0.406. The molecule has 2 N–H and O–H groups in total. The van der Waals surface area contributed by atoms with Crippen molar-refractivity contribution in [3.05, 3.63) is 34.9 Å². The number of ether oxygens (including phenoxy) is 1. The van der Waals surface area contributed by atoms with Crippen molar-refractivity contribution in [1.29, 1.82) is 0 Å². The highest BCUT2D eigenvalue weighted by molar-refractivity contribution is 5.85. The minimum atomic E-state index is -0.680. The standard InChI is InChI=1S/C11H15NO2.ClH/c1-7-4-5-9(8(2)6-7)10(12)11(13)14-3;/h4-6,10H,12H2,1-3H3;1H. The highest BCUT2D eigenvalue weighted by Crippen LogP contribution is 2.17. The zero-order chi connectivity index (χ0) is 10.7. The number of carbonyl (C=O) groups excluding carboxylic acids is 1. The normalized spacial score (nSPS) is 11.5. The molecular weight excluding hydrogens is 214 g/mol. The molecule has 0 amide bonds. The third kappa shape index (κ3) is 3.22. The molecule has 4 heteroatoms. The summed E-state index contributed by atoms with van der Waals surface area (Å²) in [6.07, 6.45) is 0. The van der Waals surface area contributed by atoms with E-state index >= 15 is 0 Å². The number of methoxy groups -OCH3 is 1. The van der Waals surface area contributed by atoms with Gasteiger partial charge in [-0.25, -0.2) is 0 Å². The Bertz CT molecular complexity index is 352. The van der Waals surface area contributed by atoms with E-state index in [0.29, 0.717) is 0 Å². The Hall–Kier alpha value is -1.06. The van der Waals surface area contributed by atoms with Gasteiger partial charge in [0.2, 0.25) is 0 Å². The van der Waals surface area contributed by atoms with Crippen molar-refractivity contribution in [2.45, 2.75) is 19.9 Å². The highest BCUT2D eigenvalue weighted by Gasteiger charge is 2.17. The van der Waals surface area contributed by atoms with E-state index in [-0.39, 0.29) is 12.4 Å². The molecule has 1 rings (SSSR count). The molecule has 0 saturated heterocycles. The van der Waals surface area contributed by atoms with Crippen LogP contribution in [-0.4, -0.2) is 13.1 Å². The van der Waals surface area contributed by atoms with Gasteiger partial charge in [-0.3, -0.25) is 4.79 Å². The molecule has 3 nitrogen and oxygen atoms in total. The summed E-state index contributed by atoms with van der Waals surface area (Å²) in [6, 6.07) is 5.12. The van der Waals surface area contributed by atoms with Gasteiger partial charge in [0.15, 0.2) is 0 Å². The Labute approximate surface area is 96.0 Å². The van der Waals surface area contributed by atoms with Crippen molar-refractivity contribution < 1.29 is 9.53 Å². The monoisotopic (exact) mass is 229 g/mol. The van der Waals surface area contributed by atoms with Crippen molar-refractivity contribution in [1.82, 2.24) is 0 Å². The Morgan fingerprint density at radius 1 is 1.40 bits per heavy atom. The van der Waals surface area contributed by atoms with Gasteiger partial charge in [-0.1, -0.05) is 23.8 Å². The lowest BCUT2D eigenvalue weighted by atomic mass is 10.00. The molecule has 0 heterocycles. The summed E-state index contributed by atoms with van der Waals surface area (Å²) >= 11 is 0. The lowest BCUT2D eigenvalue weighted by Crippen LogP contribution is -2.23. The van der Waals surface area contributed by atoms with Crippen LogP contribution >= 0.6 is 12.4 Å². The van der Waals surface area contributed by atoms with E-state index in [0.717, 1.165) is 16.7 Å². The van der Waals surface area contributed by atoms with Crippen LogP contribution in [0.2, 0.25) is 0 Å². The maximum atomic E-state index is 11.2. The average molecular weight is 230 g/mol. The van der Waals surface area contributed by atoms with E-state index < -0.39 is 12.0 Å². The summed E-state index contributed by atoms with van der Waals surface area (Å²) < 4.78 is 4.59. The number of rotatable bonds is 2. The van der Waals surface area contributed by atoms with E-state index in [1.54, 1.807) is 0 Å². The van der Waals surface area contributed by atoms with Crippen molar-refractivity contribution in [3.8, 4) is 0 Å². The van der Waals surface area contributed by atoms with Crippen LogP contribution < -0.4 is 5.73 Å². The average Bonchev–Trinajstić information content (AvgIpc) is 2.15. The molecule has 84 valence electrons. The van der Waals surface area contributed by atoms with E-state index in [2.05, 4.69) is 4.74 Å². The second-order valence-corrected chi connectivity index (χ2v) is 3.36. The quantitative estimate of drug-likeness (QED) is 0.789. The van der Waals surface area contributed by atoms with E-state index in [1.165, 1.54) is 7.11 Å². The van der Waals surface area contributed by atoms with Crippen LogP contribution in [0.4, 0.5) is 0 Å². The molecule has 0 radical (unpaired) electrons. The third-order valence-corrected chi connectivity index (χ3v) is 2.22. The second kappa shape index (κ2) is 5.73. The summed E-state index contributed by atoms with van der Waals surface area (Å²) in [5, 5.41) is 0. The number of halogens is 1. The van der Waals surface area contributed by atoms with Gasteiger partial charge in [0.05, 0.1) is 7.11 Å². The lowest BCUT2D eigenvalue weighted by Gasteiger charge is -2.12. The Kier molecular flexibility index (Phi) is 5.33. The fraction of sp³-hybridized carbons (Fsp3) is 0.364. The van der Waals surface area contributed by atoms with Gasteiger partial charge in [-0.05, 0) is 25.0 Å². The van der Waals surface area contributed by atoms with Crippen LogP contribution in [0, 0.1) is 13.8 Å². The molecule has 0 aromatic heterocycles. The van der Waals surface area contributed by atoms with Crippen molar-refractivity contribution >= 4 is 18.4 Å². The van der Waals surface area contributed by atoms with Gasteiger partial charge in [0.25, 0.3) is 0 Å². The summed E-state index contributed by atoms with van der Waals surface area (Å²) in [4.78, 5) is 11.2. The smallest absolute Gasteiger partial charge is 0.327 e. The number of benzene rings is 1. The summed E-state index contributed by atoms with van der Waals surface area (Å²) in [5.41, 5.74) is 8.72. The molecule has 0 saturated carbocycles. The first-order chi connectivity index (χ1) is 6.56. The first-order valence-electron chi connectivity index (χ1n) is 4.47. The Morgan fingerprint density at radius 2 is 2.00 bits per heavy atom. The number of hydrogen-bond acceptors (Lipinski definition) is 3. The number of nitrogens with two attached hydrogens (primary N) is 1. The van der Waals surface area contributed by atoms with Crippen LogP contribution in [0.3, 0.4) is 0 Å². The largest absolute Gasteiger partial charge is 0.468 e. The fourth-order valence-electron chi connectivity index (χ4n) is 1.43. The van der Waals surface area contributed by atoms with Crippen LogP contribution in [0.15, 0.2) is 18.2 Å². The fourth-order valence-corrected chi connectivity index (χ4v) is 1.43. The van der Waals surface area contributed by atoms with Crippen LogP contribution in [0.5, 0.6) is 0 Å². The molecule has 0 aliphatic carbocycles. The minimum absolute atomic E-state index is 0. The summed E-state index contributed by atoms with van der Waals surface area (Å²) in [7, 11) is 1.34. The maximum absolute atomic E-state index is 11.2. The van der Waals surface area contributed by atoms with Crippen LogP contribution in [0.25, 0.3) is 0 Å². The van der Waals surface area contributed by atoms with Gasteiger partial charge in [-0.15, -0.1) is 12.4 Å². The highest BCUT2D eigenvalue weighted by atomic mass is 35.5. The molecule has 0 bridgehead atoms. The molecule has 15 heavy (non-hydrogen) atoms. The molecule has 1 aromatic carbocycles. The molecule has 0 spiro atoms. The zero-order valence-electron chi connectivity index (χ0n) is 9.11. The molecular formula is C11H16ClNO2. The molecule has 1 unspecified atom stereocenters. The van der Waals surface area contributed by atoms with Crippen LogP contribution in [0.1, 0.15) is 22.7 Å². The predicted octanol–water partition coefficient (Wildman–Crippen LogP) is 1.90. The number of hydrogen-bond donors (Lipinski definition) is 1. The zero-order valence-corrected chi connectivity index (χ0v) is 9.93. The first kappa shape index (κ1) is 13.9. The van der Waals surface area contributed by atoms with Crippen molar-refractivity contribution in [2.24, 2.45) is 5.73 Å². The number of carbonyl (C=O) groups is 1. The maximum Gasteiger partial charge on any atom is 0.327 e. The minimum Gasteiger partial charge on any atom is -0.468 e. The van der Waals surface area contributed by atoms with Gasteiger partial charge in [0, 0.05) is 0 Å². The first-order valence-corrected chi connectivity index (χ1v) is 4.47. The lowest BCUT2D eigenvalue weighted by molar-refractivity contribution is -0.142. The van der Waals surface area contributed by atoms with Crippen molar-refractivity contribution in [2.75, 3.05) is 7.11 Å². The molecule has 1 atom stereocenters. The van der Waals surface area contributed by atoms with E-state index in [1.807, 2.05) is 32.0 Å². The topological polar surface area (TPSA) is 52.3 Å². The van der Waals surface area contributed by atoms with Gasteiger partial charge in [0.1, 0.15) is 6.04 Å². The van der Waals surface area contributed by atoms with Crippen molar-refractivity contribution in [3.63, 3.8) is 0 Å². The van der Waals surface area contributed by atoms with Gasteiger partial charge in [-0.2, -0.15) is 0 Å². The molecule has 0 fully saturated rings. The number of aryl methyl sites for hydroxylation is 2. The number of esters is 1. The van der Waals surface area contributed by atoms with Gasteiger partial charge < -0.3 is 10.5 Å². The third-order valence-electron chi connectivity index (χ3n) is 2.22. The van der Waals surface area contributed by atoms with Crippen LogP contribution in [-0.2, 0) is 9.53 Å². The Morgan fingerprint density at radius 3 is 2.47 bits per heavy atom. The summed E-state index contributed by atoms with van der Waals surface area (Å²) in [6.45, 7) is 3.94. The van der Waals surface area contributed by atoms with Gasteiger partial charge >= 0.3 is 5.97 Å². The molecule has 0 aliphatic heterocycles. The SMILES string of the molecule is COC(=O)C(N)c1ccc(C)cc1C.Cl. The predicted molar refractivity (Wildman–Crippen MR) is 62.1 cm³/mol. The Balaban J connectivity index is 0.00000196.